The third-order valence-corrected chi connectivity index (χ3v) is 3.76. The summed E-state index contributed by atoms with van der Waals surface area (Å²) < 4.78 is 0. The van der Waals surface area contributed by atoms with E-state index in [1.807, 2.05) is 0 Å². The number of likely N-dealkylation sites (tertiary alicyclic amines) is 1. The molecule has 1 fully saturated rings. The van der Waals surface area contributed by atoms with Gasteiger partial charge in [0.05, 0.1) is 0 Å². The van der Waals surface area contributed by atoms with Crippen molar-refractivity contribution in [3.63, 3.8) is 0 Å². The SMILES string of the molecule is CC(CC(C)(N)C(=O)O)N1CCCC(C)(C)C1. The highest BCUT2D eigenvalue weighted by molar-refractivity contribution is 5.77. The zero-order valence-electron chi connectivity index (χ0n) is 11.5. The van der Waals surface area contributed by atoms with Crippen LogP contribution in [0.25, 0.3) is 0 Å². The third kappa shape index (κ3) is 3.96. The lowest BCUT2D eigenvalue weighted by atomic mass is 9.82. The smallest absolute Gasteiger partial charge is 0.323 e. The van der Waals surface area contributed by atoms with Gasteiger partial charge in [0.15, 0.2) is 0 Å². The van der Waals surface area contributed by atoms with Crippen molar-refractivity contribution in [3.8, 4) is 0 Å². The van der Waals surface area contributed by atoms with Crippen molar-refractivity contribution in [2.24, 2.45) is 11.1 Å². The molecule has 2 atom stereocenters. The number of rotatable bonds is 4. The van der Waals surface area contributed by atoms with E-state index >= 15 is 0 Å². The van der Waals surface area contributed by atoms with Crippen LogP contribution in [0.1, 0.15) is 47.0 Å². The zero-order valence-corrected chi connectivity index (χ0v) is 11.5. The first kappa shape index (κ1) is 14.5. The predicted molar refractivity (Wildman–Crippen MR) is 68.9 cm³/mol. The van der Waals surface area contributed by atoms with Crippen LogP contribution in [0.15, 0.2) is 0 Å². The molecule has 0 spiro atoms. The summed E-state index contributed by atoms with van der Waals surface area (Å²) in [5.41, 5.74) is 5.02. The van der Waals surface area contributed by atoms with Crippen molar-refractivity contribution in [3.05, 3.63) is 0 Å². The van der Waals surface area contributed by atoms with Crippen molar-refractivity contribution in [2.75, 3.05) is 13.1 Å². The fraction of sp³-hybridized carbons (Fsp3) is 0.923. The Hall–Kier alpha value is -0.610. The first-order chi connectivity index (χ1) is 7.64. The molecule has 2 unspecified atom stereocenters. The van der Waals surface area contributed by atoms with Gasteiger partial charge in [-0.15, -0.1) is 0 Å². The second-order valence-corrected chi connectivity index (χ2v) is 6.51. The number of carboxylic acids is 1. The van der Waals surface area contributed by atoms with Gasteiger partial charge in [-0.25, -0.2) is 0 Å². The molecule has 0 aliphatic carbocycles. The Labute approximate surface area is 104 Å². The highest BCUT2D eigenvalue weighted by Crippen LogP contribution is 2.30. The summed E-state index contributed by atoms with van der Waals surface area (Å²) in [7, 11) is 0. The summed E-state index contributed by atoms with van der Waals surface area (Å²) in [6.45, 7) is 10.3. The monoisotopic (exact) mass is 242 g/mol. The average Bonchev–Trinajstić information content (AvgIpc) is 2.15. The molecule has 1 heterocycles. The quantitative estimate of drug-likeness (QED) is 0.787. The molecule has 0 aromatic heterocycles. The van der Waals surface area contributed by atoms with E-state index in [4.69, 9.17) is 10.8 Å². The van der Waals surface area contributed by atoms with E-state index in [2.05, 4.69) is 25.7 Å². The first-order valence-electron chi connectivity index (χ1n) is 6.40. The highest BCUT2D eigenvalue weighted by Gasteiger charge is 2.35. The summed E-state index contributed by atoms with van der Waals surface area (Å²) >= 11 is 0. The minimum atomic E-state index is -1.12. The highest BCUT2D eigenvalue weighted by atomic mass is 16.4. The summed E-state index contributed by atoms with van der Waals surface area (Å²) in [6.07, 6.45) is 2.93. The molecular weight excluding hydrogens is 216 g/mol. The molecule has 1 saturated heterocycles. The van der Waals surface area contributed by atoms with Crippen LogP contribution in [-0.4, -0.2) is 40.6 Å². The van der Waals surface area contributed by atoms with Gasteiger partial charge >= 0.3 is 5.97 Å². The Kier molecular flexibility index (Phi) is 4.20. The van der Waals surface area contributed by atoms with Crippen molar-refractivity contribution in [1.29, 1.82) is 0 Å². The van der Waals surface area contributed by atoms with E-state index in [1.54, 1.807) is 6.92 Å². The van der Waals surface area contributed by atoms with E-state index in [0.717, 1.165) is 13.1 Å². The van der Waals surface area contributed by atoms with Gasteiger partial charge in [0.1, 0.15) is 5.54 Å². The second-order valence-electron chi connectivity index (χ2n) is 6.51. The molecular formula is C13H26N2O2. The molecule has 4 nitrogen and oxygen atoms in total. The standard InChI is InChI=1S/C13H26N2O2/c1-10(8-13(4,14)11(16)17)15-7-5-6-12(2,3)9-15/h10H,5-9,14H2,1-4H3,(H,16,17). The fourth-order valence-corrected chi connectivity index (χ4v) is 2.67. The lowest BCUT2D eigenvalue weighted by Crippen LogP contribution is -2.52. The van der Waals surface area contributed by atoms with Gasteiger partial charge in [0.25, 0.3) is 0 Å². The molecule has 0 saturated carbocycles. The Bertz CT molecular complexity index is 287. The van der Waals surface area contributed by atoms with Crippen molar-refractivity contribution in [1.82, 2.24) is 4.90 Å². The average molecular weight is 242 g/mol. The number of nitrogens with zero attached hydrogens (tertiary/aromatic N) is 1. The first-order valence-corrected chi connectivity index (χ1v) is 6.40. The minimum Gasteiger partial charge on any atom is -0.480 e. The van der Waals surface area contributed by atoms with Crippen LogP contribution in [-0.2, 0) is 4.79 Å². The Morgan fingerprint density at radius 2 is 2.18 bits per heavy atom. The number of carbonyl (C=O) groups is 1. The van der Waals surface area contributed by atoms with E-state index in [0.29, 0.717) is 11.8 Å². The largest absolute Gasteiger partial charge is 0.480 e. The summed E-state index contributed by atoms with van der Waals surface area (Å²) in [4.78, 5) is 13.4. The molecule has 1 rings (SSSR count). The van der Waals surface area contributed by atoms with Crippen LogP contribution in [0.5, 0.6) is 0 Å². The van der Waals surface area contributed by atoms with E-state index in [-0.39, 0.29) is 6.04 Å². The number of carboxylic acid groups (broad SMARTS) is 1. The molecule has 4 heteroatoms. The number of hydrogen-bond acceptors (Lipinski definition) is 3. The Morgan fingerprint density at radius 1 is 1.59 bits per heavy atom. The molecule has 1 aliphatic heterocycles. The van der Waals surface area contributed by atoms with Gasteiger partial charge in [-0.1, -0.05) is 13.8 Å². The predicted octanol–water partition coefficient (Wildman–Crippen LogP) is 1.69. The van der Waals surface area contributed by atoms with Crippen LogP contribution >= 0.6 is 0 Å². The van der Waals surface area contributed by atoms with Crippen LogP contribution in [0.3, 0.4) is 0 Å². The van der Waals surface area contributed by atoms with E-state index < -0.39 is 11.5 Å². The van der Waals surface area contributed by atoms with Crippen LogP contribution in [0.4, 0.5) is 0 Å². The summed E-state index contributed by atoms with van der Waals surface area (Å²) in [6, 6.07) is 0.223. The lowest BCUT2D eigenvalue weighted by Gasteiger charge is -2.42. The number of nitrogens with two attached hydrogens (primary N) is 1. The Morgan fingerprint density at radius 3 is 2.65 bits per heavy atom. The van der Waals surface area contributed by atoms with Gasteiger partial charge in [-0.2, -0.15) is 0 Å². The molecule has 0 amide bonds. The van der Waals surface area contributed by atoms with E-state index in [9.17, 15) is 4.79 Å². The van der Waals surface area contributed by atoms with Gasteiger partial charge in [0.2, 0.25) is 0 Å². The summed E-state index contributed by atoms with van der Waals surface area (Å²) in [5, 5.41) is 9.05. The maximum absolute atomic E-state index is 11.0. The molecule has 0 radical (unpaired) electrons. The number of piperidine rings is 1. The molecule has 100 valence electrons. The normalized spacial score (nSPS) is 26.2. The van der Waals surface area contributed by atoms with Gasteiger partial charge in [-0.3, -0.25) is 4.79 Å². The number of aliphatic carboxylic acids is 1. The van der Waals surface area contributed by atoms with Crippen molar-refractivity contribution in [2.45, 2.75) is 58.5 Å². The molecule has 0 aromatic rings. The minimum absolute atomic E-state index is 0.223. The van der Waals surface area contributed by atoms with Crippen LogP contribution < -0.4 is 5.73 Å². The lowest BCUT2D eigenvalue weighted by molar-refractivity contribution is -0.143. The van der Waals surface area contributed by atoms with E-state index in [1.165, 1.54) is 12.8 Å². The maximum atomic E-state index is 11.0. The molecule has 3 N–H and O–H groups in total. The van der Waals surface area contributed by atoms with Crippen molar-refractivity contribution < 1.29 is 9.90 Å². The fourth-order valence-electron chi connectivity index (χ4n) is 2.67. The van der Waals surface area contributed by atoms with Gasteiger partial charge < -0.3 is 15.7 Å². The zero-order chi connectivity index (χ0) is 13.3. The third-order valence-electron chi connectivity index (χ3n) is 3.76. The molecule has 0 aromatic carbocycles. The van der Waals surface area contributed by atoms with Gasteiger partial charge in [0, 0.05) is 12.6 Å². The van der Waals surface area contributed by atoms with Crippen molar-refractivity contribution >= 4 is 5.97 Å². The summed E-state index contributed by atoms with van der Waals surface area (Å²) in [5.74, 6) is -0.916. The molecule has 1 aliphatic rings. The maximum Gasteiger partial charge on any atom is 0.323 e. The van der Waals surface area contributed by atoms with Crippen LogP contribution in [0.2, 0.25) is 0 Å². The Balaban J connectivity index is 2.58. The van der Waals surface area contributed by atoms with Crippen LogP contribution in [0, 0.1) is 5.41 Å². The topological polar surface area (TPSA) is 66.6 Å². The number of hydrogen-bond donors (Lipinski definition) is 2. The molecule has 0 bridgehead atoms. The second kappa shape index (κ2) is 4.94. The molecule has 17 heavy (non-hydrogen) atoms. The van der Waals surface area contributed by atoms with Gasteiger partial charge in [-0.05, 0) is 45.1 Å².